The summed E-state index contributed by atoms with van der Waals surface area (Å²) >= 11 is 1.52. The van der Waals surface area contributed by atoms with Gasteiger partial charge >= 0.3 is 0 Å². The van der Waals surface area contributed by atoms with Gasteiger partial charge in [-0.2, -0.15) is 0 Å². The van der Waals surface area contributed by atoms with Crippen LogP contribution < -0.4 is 0 Å². The molecule has 0 saturated carbocycles. The second-order valence-electron chi connectivity index (χ2n) is 5.48. The molecule has 5 heteroatoms. The molecule has 0 radical (unpaired) electrons. The Labute approximate surface area is 134 Å². The van der Waals surface area contributed by atoms with Crippen molar-refractivity contribution in [2.45, 2.75) is 19.9 Å². The molecule has 0 saturated heterocycles. The highest BCUT2D eigenvalue weighted by atomic mass is 32.1. The third kappa shape index (κ3) is 2.52. The van der Waals surface area contributed by atoms with Crippen molar-refractivity contribution in [3.05, 3.63) is 41.4 Å². The van der Waals surface area contributed by atoms with Crippen molar-refractivity contribution < 1.29 is 4.79 Å². The molecule has 2 aromatic heterocycles. The van der Waals surface area contributed by atoms with E-state index in [9.17, 15) is 4.79 Å². The first-order valence-electron chi connectivity index (χ1n) is 7.37. The minimum Gasteiger partial charge on any atom is -0.343 e. The minimum atomic E-state index is -0.0550. The lowest BCUT2D eigenvalue weighted by Gasteiger charge is -2.08. The van der Waals surface area contributed by atoms with Gasteiger partial charge in [0.1, 0.15) is 10.7 Å². The molecule has 0 bridgehead atoms. The molecule has 3 rings (SSSR count). The van der Waals surface area contributed by atoms with E-state index in [-0.39, 0.29) is 5.91 Å². The van der Waals surface area contributed by atoms with Crippen LogP contribution in [0, 0.1) is 0 Å². The van der Waals surface area contributed by atoms with Crippen LogP contribution in [-0.4, -0.2) is 34.5 Å². The average Bonchev–Trinajstić information content (AvgIpc) is 3.12. The van der Waals surface area contributed by atoms with E-state index in [1.807, 2.05) is 11.4 Å². The Morgan fingerprint density at radius 3 is 2.82 bits per heavy atom. The zero-order valence-electron chi connectivity index (χ0n) is 13.0. The van der Waals surface area contributed by atoms with Gasteiger partial charge in [-0.05, 0) is 18.6 Å². The number of nitrogens with zero attached hydrogens (tertiary/aromatic N) is 3. The van der Waals surface area contributed by atoms with Gasteiger partial charge in [0, 0.05) is 36.9 Å². The second-order valence-corrected chi connectivity index (χ2v) is 6.34. The van der Waals surface area contributed by atoms with E-state index in [4.69, 9.17) is 0 Å². The first-order valence-corrected chi connectivity index (χ1v) is 8.25. The molecule has 3 aromatic rings. The maximum absolute atomic E-state index is 12.0. The number of hydrogen-bond donors (Lipinski definition) is 0. The van der Waals surface area contributed by atoms with Crippen molar-refractivity contribution in [3.8, 4) is 10.7 Å². The average molecular weight is 313 g/mol. The fourth-order valence-electron chi connectivity index (χ4n) is 2.57. The summed E-state index contributed by atoms with van der Waals surface area (Å²) < 4.78 is 2.29. The number of aromatic nitrogens is 2. The zero-order valence-corrected chi connectivity index (χ0v) is 13.9. The van der Waals surface area contributed by atoms with Gasteiger partial charge in [-0.3, -0.25) is 4.79 Å². The number of aryl methyl sites for hydroxylation is 1. The number of benzene rings is 1. The Balaban J connectivity index is 2.10. The standard InChI is InChI=1S/C17H19N3OS/c1-4-9-20-14-8-6-5-7-12(14)10-15(20)16-18-13(11-22-16)17(21)19(2)3/h5-8,10-11H,4,9H2,1-3H3. The highest BCUT2D eigenvalue weighted by Crippen LogP contribution is 2.30. The van der Waals surface area contributed by atoms with Gasteiger partial charge in [0.15, 0.2) is 0 Å². The smallest absolute Gasteiger partial charge is 0.272 e. The normalized spacial score (nSPS) is 11.0. The Hall–Kier alpha value is -2.14. The number of carbonyl (C=O) groups is 1. The lowest BCUT2D eigenvalue weighted by molar-refractivity contribution is 0.0823. The van der Waals surface area contributed by atoms with Crippen LogP contribution in [0.2, 0.25) is 0 Å². The van der Waals surface area contributed by atoms with Crippen molar-refractivity contribution >= 4 is 28.1 Å². The van der Waals surface area contributed by atoms with Gasteiger partial charge in [0.2, 0.25) is 0 Å². The summed E-state index contributed by atoms with van der Waals surface area (Å²) in [5.74, 6) is -0.0550. The minimum absolute atomic E-state index is 0.0550. The van der Waals surface area contributed by atoms with Crippen LogP contribution in [0.25, 0.3) is 21.6 Å². The summed E-state index contributed by atoms with van der Waals surface area (Å²) in [5, 5.41) is 3.95. The van der Waals surface area contributed by atoms with E-state index in [0.29, 0.717) is 5.69 Å². The largest absolute Gasteiger partial charge is 0.343 e. The predicted octanol–water partition coefficient (Wildman–Crippen LogP) is 3.88. The van der Waals surface area contributed by atoms with Crippen LogP contribution in [0.1, 0.15) is 23.8 Å². The lowest BCUT2D eigenvalue weighted by atomic mass is 10.2. The first kappa shape index (κ1) is 14.8. The number of carbonyl (C=O) groups excluding carboxylic acids is 1. The van der Waals surface area contributed by atoms with E-state index in [1.165, 1.54) is 22.2 Å². The highest BCUT2D eigenvalue weighted by Gasteiger charge is 2.17. The molecule has 22 heavy (non-hydrogen) atoms. The molecule has 0 fully saturated rings. The summed E-state index contributed by atoms with van der Waals surface area (Å²) in [6.45, 7) is 3.11. The van der Waals surface area contributed by atoms with E-state index >= 15 is 0 Å². The van der Waals surface area contributed by atoms with Crippen LogP contribution >= 0.6 is 11.3 Å². The Morgan fingerprint density at radius 1 is 1.32 bits per heavy atom. The molecular formula is C17H19N3OS. The van der Waals surface area contributed by atoms with Crippen molar-refractivity contribution in [2.75, 3.05) is 14.1 Å². The van der Waals surface area contributed by atoms with E-state index in [0.717, 1.165) is 23.7 Å². The summed E-state index contributed by atoms with van der Waals surface area (Å²) in [6, 6.07) is 10.5. The number of hydrogen-bond acceptors (Lipinski definition) is 3. The SMILES string of the molecule is CCCn1c(-c2nc(C(=O)N(C)C)cs2)cc2ccccc21. The fourth-order valence-corrected chi connectivity index (χ4v) is 3.39. The fraction of sp³-hybridized carbons (Fsp3) is 0.294. The molecule has 4 nitrogen and oxygen atoms in total. The van der Waals surface area contributed by atoms with Crippen LogP contribution in [-0.2, 0) is 6.54 Å². The maximum Gasteiger partial charge on any atom is 0.272 e. The van der Waals surface area contributed by atoms with Crippen molar-refractivity contribution in [1.29, 1.82) is 0 Å². The molecular weight excluding hydrogens is 294 g/mol. The van der Waals surface area contributed by atoms with Gasteiger partial charge in [0.25, 0.3) is 5.91 Å². The van der Waals surface area contributed by atoms with Crippen LogP contribution in [0.5, 0.6) is 0 Å². The molecule has 0 N–H and O–H groups in total. The Morgan fingerprint density at radius 2 is 2.09 bits per heavy atom. The van der Waals surface area contributed by atoms with Gasteiger partial charge in [-0.1, -0.05) is 25.1 Å². The quantitative estimate of drug-likeness (QED) is 0.733. The van der Waals surface area contributed by atoms with Gasteiger partial charge in [-0.15, -0.1) is 11.3 Å². The topological polar surface area (TPSA) is 38.1 Å². The molecule has 0 aliphatic rings. The molecule has 1 amide bonds. The van der Waals surface area contributed by atoms with Crippen LogP contribution in [0.4, 0.5) is 0 Å². The number of thiazole rings is 1. The molecule has 0 unspecified atom stereocenters. The number of rotatable bonds is 4. The molecule has 0 aliphatic heterocycles. The molecule has 1 aromatic carbocycles. The maximum atomic E-state index is 12.0. The van der Waals surface area contributed by atoms with E-state index in [2.05, 4.69) is 40.7 Å². The summed E-state index contributed by atoms with van der Waals surface area (Å²) in [5.41, 5.74) is 2.82. The predicted molar refractivity (Wildman–Crippen MR) is 91.4 cm³/mol. The summed E-state index contributed by atoms with van der Waals surface area (Å²) in [7, 11) is 3.49. The summed E-state index contributed by atoms with van der Waals surface area (Å²) in [4.78, 5) is 18.1. The lowest BCUT2D eigenvalue weighted by Crippen LogP contribution is -2.21. The molecule has 2 heterocycles. The molecule has 0 spiro atoms. The van der Waals surface area contributed by atoms with E-state index < -0.39 is 0 Å². The number of fused-ring (bicyclic) bond motifs is 1. The van der Waals surface area contributed by atoms with Gasteiger partial charge in [-0.25, -0.2) is 4.98 Å². The zero-order chi connectivity index (χ0) is 15.7. The van der Waals surface area contributed by atoms with Crippen molar-refractivity contribution in [2.24, 2.45) is 0 Å². The van der Waals surface area contributed by atoms with Gasteiger partial charge in [0.05, 0.1) is 5.69 Å². The molecule has 0 atom stereocenters. The molecule has 0 aliphatic carbocycles. The van der Waals surface area contributed by atoms with Crippen molar-refractivity contribution in [1.82, 2.24) is 14.5 Å². The Bertz CT molecular complexity index is 816. The third-order valence-electron chi connectivity index (χ3n) is 3.61. The monoisotopic (exact) mass is 313 g/mol. The molecule has 114 valence electrons. The van der Waals surface area contributed by atoms with Crippen molar-refractivity contribution in [3.63, 3.8) is 0 Å². The number of amides is 1. The Kier molecular flexibility index (Phi) is 3.98. The highest BCUT2D eigenvalue weighted by molar-refractivity contribution is 7.13. The number of para-hydroxylation sites is 1. The second kappa shape index (κ2) is 5.93. The summed E-state index contributed by atoms with van der Waals surface area (Å²) in [6.07, 6.45) is 1.06. The van der Waals surface area contributed by atoms with Gasteiger partial charge < -0.3 is 9.47 Å². The third-order valence-corrected chi connectivity index (χ3v) is 4.47. The van der Waals surface area contributed by atoms with E-state index in [1.54, 1.807) is 19.0 Å². The van der Waals surface area contributed by atoms with Crippen LogP contribution in [0.15, 0.2) is 35.7 Å². The van der Waals surface area contributed by atoms with Crippen LogP contribution in [0.3, 0.4) is 0 Å². The first-order chi connectivity index (χ1) is 10.6.